The average Bonchev–Trinajstić information content (AvgIpc) is 3.23. The molecular weight excluding hydrogens is 398 g/mol. The average molecular weight is 422 g/mol. The van der Waals surface area contributed by atoms with Gasteiger partial charge in [0.2, 0.25) is 15.9 Å². The zero-order valence-electron chi connectivity index (χ0n) is 15.6. The predicted molar refractivity (Wildman–Crippen MR) is 108 cm³/mol. The summed E-state index contributed by atoms with van der Waals surface area (Å²) in [6.45, 7) is 2.78. The highest BCUT2D eigenvalue weighted by Crippen LogP contribution is 2.14. The van der Waals surface area contributed by atoms with E-state index in [1.54, 1.807) is 41.5 Å². The lowest BCUT2D eigenvalue weighted by atomic mass is 10.2. The maximum Gasteiger partial charge on any atom is 0.261 e. The van der Waals surface area contributed by atoms with E-state index in [-0.39, 0.29) is 30.7 Å². The molecule has 0 unspecified atom stereocenters. The molecule has 1 saturated heterocycles. The van der Waals surface area contributed by atoms with Crippen molar-refractivity contribution in [2.75, 3.05) is 26.2 Å². The van der Waals surface area contributed by atoms with E-state index in [1.165, 1.54) is 15.6 Å². The molecule has 2 heterocycles. The zero-order valence-corrected chi connectivity index (χ0v) is 17.2. The minimum Gasteiger partial charge on any atom is -0.340 e. The summed E-state index contributed by atoms with van der Waals surface area (Å²) < 4.78 is 26.6. The summed E-state index contributed by atoms with van der Waals surface area (Å²) in [4.78, 5) is 26.9. The molecule has 1 aliphatic heterocycles. The van der Waals surface area contributed by atoms with Crippen LogP contribution in [-0.4, -0.2) is 61.7 Å². The number of carbonyl (C=O) groups is 2. The fraction of sp³-hybridized carbons (Fsp3) is 0.368. The first-order valence-corrected chi connectivity index (χ1v) is 11.5. The number of hydrogen-bond donors (Lipinski definition) is 1. The molecule has 0 spiro atoms. The first kappa shape index (κ1) is 20.5. The van der Waals surface area contributed by atoms with Crippen LogP contribution in [0.5, 0.6) is 0 Å². The second-order valence-electron chi connectivity index (χ2n) is 6.64. The summed E-state index contributed by atoms with van der Waals surface area (Å²) in [6.07, 6.45) is 0. The van der Waals surface area contributed by atoms with Gasteiger partial charge in [-0.15, -0.1) is 11.3 Å². The van der Waals surface area contributed by atoms with Crippen molar-refractivity contribution in [3.63, 3.8) is 0 Å². The highest BCUT2D eigenvalue weighted by molar-refractivity contribution is 7.88. The minimum atomic E-state index is -3.43. The summed E-state index contributed by atoms with van der Waals surface area (Å²) in [5.41, 5.74) is 0.742. The van der Waals surface area contributed by atoms with Gasteiger partial charge in [0.1, 0.15) is 6.04 Å². The molecule has 0 bridgehead atoms. The third-order valence-electron chi connectivity index (χ3n) is 4.60. The van der Waals surface area contributed by atoms with Crippen molar-refractivity contribution in [2.24, 2.45) is 0 Å². The molecule has 9 heteroatoms. The van der Waals surface area contributed by atoms with Crippen LogP contribution in [0.25, 0.3) is 0 Å². The highest BCUT2D eigenvalue weighted by Gasteiger charge is 2.31. The molecule has 1 aromatic carbocycles. The molecule has 1 atom stereocenters. The van der Waals surface area contributed by atoms with Gasteiger partial charge in [0.05, 0.1) is 10.6 Å². The second kappa shape index (κ2) is 8.85. The Kier molecular flexibility index (Phi) is 6.48. The van der Waals surface area contributed by atoms with Gasteiger partial charge in [0, 0.05) is 26.2 Å². The molecule has 1 N–H and O–H groups in total. The largest absolute Gasteiger partial charge is 0.340 e. The second-order valence-corrected chi connectivity index (χ2v) is 9.56. The molecule has 3 rings (SSSR count). The van der Waals surface area contributed by atoms with Gasteiger partial charge in [-0.05, 0) is 23.9 Å². The molecule has 0 saturated carbocycles. The standard InChI is InChI=1S/C19H23N3O4S2/c1-15(20-18(23)17-8-5-13-27-17)19(24)21-9-11-22(12-10-21)28(25,26)14-16-6-3-2-4-7-16/h2-8,13,15H,9-12,14H2,1H3,(H,20,23)/t15-/m1/s1. The number of amides is 2. The van der Waals surface area contributed by atoms with Gasteiger partial charge in [-0.25, -0.2) is 8.42 Å². The Morgan fingerprint density at radius 1 is 1.07 bits per heavy atom. The van der Waals surface area contributed by atoms with E-state index in [0.717, 1.165) is 5.56 Å². The number of thiophene rings is 1. The van der Waals surface area contributed by atoms with E-state index in [1.807, 2.05) is 18.2 Å². The minimum absolute atomic E-state index is 0.0466. The van der Waals surface area contributed by atoms with Gasteiger partial charge in [0.15, 0.2) is 0 Å². The van der Waals surface area contributed by atoms with Gasteiger partial charge in [-0.1, -0.05) is 36.4 Å². The lowest BCUT2D eigenvalue weighted by Gasteiger charge is -2.35. The van der Waals surface area contributed by atoms with Crippen LogP contribution in [0.2, 0.25) is 0 Å². The summed E-state index contributed by atoms with van der Waals surface area (Å²) in [6, 6.07) is 11.9. The first-order chi connectivity index (χ1) is 13.4. The lowest BCUT2D eigenvalue weighted by Crippen LogP contribution is -2.55. The Labute approximate surface area is 169 Å². The topological polar surface area (TPSA) is 86.8 Å². The molecule has 150 valence electrons. The van der Waals surface area contributed by atoms with Crippen molar-refractivity contribution >= 4 is 33.2 Å². The smallest absolute Gasteiger partial charge is 0.261 e. The lowest BCUT2D eigenvalue weighted by molar-refractivity contribution is -0.134. The summed E-state index contributed by atoms with van der Waals surface area (Å²) in [5, 5.41) is 4.50. The van der Waals surface area contributed by atoms with Crippen LogP contribution in [0.4, 0.5) is 0 Å². The van der Waals surface area contributed by atoms with Crippen LogP contribution in [0.3, 0.4) is 0 Å². The zero-order chi connectivity index (χ0) is 20.1. The Balaban J connectivity index is 1.52. The number of nitrogens with one attached hydrogen (secondary N) is 1. The molecule has 7 nitrogen and oxygen atoms in total. The van der Waals surface area contributed by atoms with Crippen LogP contribution < -0.4 is 5.32 Å². The molecule has 28 heavy (non-hydrogen) atoms. The van der Waals surface area contributed by atoms with Crippen LogP contribution in [0.1, 0.15) is 22.2 Å². The van der Waals surface area contributed by atoms with Crippen molar-refractivity contribution in [2.45, 2.75) is 18.7 Å². The SMILES string of the molecule is C[C@@H](NC(=O)c1cccs1)C(=O)N1CCN(S(=O)(=O)Cc2ccccc2)CC1. The van der Waals surface area contributed by atoms with Crippen LogP contribution in [0.15, 0.2) is 47.8 Å². The number of carbonyl (C=O) groups excluding carboxylic acids is 2. The summed E-state index contributed by atoms with van der Waals surface area (Å²) in [7, 11) is -3.43. The van der Waals surface area contributed by atoms with Crippen molar-refractivity contribution in [1.82, 2.24) is 14.5 Å². The van der Waals surface area contributed by atoms with E-state index in [4.69, 9.17) is 0 Å². The third-order valence-corrected chi connectivity index (χ3v) is 7.32. The number of nitrogens with zero attached hydrogens (tertiary/aromatic N) is 2. The van der Waals surface area contributed by atoms with Gasteiger partial charge in [-0.3, -0.25) is 9.59 Å². The monoisotopic (exact) mass is 421 g/mol. The van der Waals surface area contributed by atoms with E-state index >= 15 is 0 Å². The number of benzene rings is 1. The molecule has 0 radical (unpaired) electrons. The predicted octanol–water partition coefficient (Wildman–Crippen LogP) is 1.54. The van der Waals surface area contributed by atoms with Crippen LogP contribution in [0, 0.1) is 0 Å². The van der Waals surface area contributed by atoms with Crippen molar-refractivity contribution in [3.05, 3.63) is 58.3 Å². The van der Waals surface area contributed by atoms with Crippen molar-refractivity contribution in [3.8, 4) is 0 Å². The molecule has 2 amide bonds. The van der Waals surface area contributed by atoms with E-state index in [9.17, 15) is 18.0 Å². The molecular formula is C19H23N3O4S2. The first-order valence-electron chi connectivity index (χ1n) is 9.02. The quantitative estimate of drug-likeness (QED) is 0.767. The van der Waals surface area contributed by atoms with Gasteiger partial charge in [-0.2, -0.15) is 4.31 Å². The Morgan fingerprint density at radius 2 is 1.75 bits per heavy atom. The molecule has 1 fully saturated rings. The number of rotatable bonds is 6. The normalized spacial score (nSPS) is 16.5. The Morgan fingerprint density at radius 3 is 2.36 bits per heavy atom. The van der Waals surface area contributed by atoms with Gasteiger partial charge in [0.25, 0.3) is 5.91 Å². The third kappa shape index (κ3) is 4.98. The van der Waals surface area contributed by atoms with Gasteiger partial charge >= 0.3 is 0 Å². The summed E-state index contributed by atoms with van der Waals surface area (Å²) in [5.74, 6) is -0.528. The maximum atomic E-state index is 12.6. The summed E-state index contributed by atoms with van der Waals surface area (Å²) >= 11 is 1.31. The number of sulfonamides is 1. The fourth-order valence-electron chi connectivity index (χ4n) is 3.07. The van der Waals surface area contributed by atoms with E-state index < -0.39 is 16.1 Å². The molecule has 0 aliphatic carbocycles. The molecule has 2 aromatic rings. The molecule has 1 aromatic heterocycles. The van der Waals surface area contributed by atoms with Crippen LogP contribution >= 0.6 is 11.3 Å². The van der Waals surface area contributed by atoms with Gasteiger partial charge < -0.3 is 10.2 Å². The van der Waals surface area contributed by atoms with E-state index in [2.05, 4.69) is 5.32 Å². The van der Waals surface area contributed by atoms with Crippen molar-refractivity contribution < 1.29 is 18.0 Å². The number of hydrogen-bond acceptors (Lipinski definition) is 5. The Bertz CT molecular complexity index is 906. The van der Waals surface area contributed by atoms with Crippen molar-refractivity contribution in [1.29, 1.82) is 0 Å². The number of piperazine rings is 1. The highest BCUT2D eigenvalue weighted by atomic mass is 32.2. The fourth-order valence-corrected chi connectivity index (χ4v) is 5.22. The molecule has 1 aliphatic rings. The Hall–Kier alpha value is -2.23. The van der Waals surface area contributed by atoms with E-state index in [0.29, 0.717) is 18.0 Å². The maximum absolute atomic E-state index is 12.6. The van der Waals surface area contributed by atoms with Crippen LogP contribution in [-0.2, 0) is 20.6 Å².